The van der Waals surface area contributed by atoms with E-state index in [9.17, 15) is 9.59 Å². The molecule has 4 aromatic rings. The van der Waals surface area contributed by atoms with Crippen molar-refractivity contribution in [1.29, 1.82) is 0 Å². The fourth-order valence-electron chi connectivity index (χ4n) is 3.68. The predicted molar refractivity (Wildman–Crippen MR) is 123 cm³/mol. The Kier molecular flexibility index (Phi) is 5.35. The Bertz CT molecular complexity index is 1340. The third-order valence-electron chi connectivity index (χ3n) is 5.28. The highest BCUT2D eigenvalue weighted by Gasteiger charge is 2.19. The number of aromatic nitrogens is 2. The van der Waals surface area contributed by atoms with Gasteiger partial charge in [-0.05, 0) is 63.1 Å². The Hall–Kier alpha value is -3.12. The van der Waals surface area contributed by atoms with E-state index in [4.69, 9.17) is 4.74 Å². The topological polar surface area (TPSA) is 53.2 Å². The van der Waals surface area contributed by atoms with Crippen LogP contribution in [0.1, 0.15) is 28.5 Å². The highest BCUT2D eigenvalue weighted by atomic mass is 32.1. The normalized spacial score (nSPS) is 11.2. The van der Waals surface area contributed by atoms with Crippen molar-refractivity contribution in [2.45, 2.75) is 34.2 Å². The van der Waals surface area contributed by atoms with Gasteiger partial charge in [0.05, 0.1) is 24.2 Å². The second kappa shape index (κ2) is 7.95. The number of aryl methyl sites for hydroxylation is 3. The fraction of sp³-hybridized carbons (Fsp3) is 0.250. The molecular formula is C24H24N2O3S. The number of hydrogen-bond donors (Lipinski definition) is 0. The first-order valence-electron chi connectivity index (χ1n) is 9.95. The van der Waals surface area contributed by atoms with E-state index >= 15 is 0 Å². The first kappa shape index (κ1) is 20.2. The van der Waals surface area contributed by atoms with Crippen molar-refractivity contribution < 1.29 is 4.74 Å². The number of fused-ring (bicyclic) bond motifs is 1. The van der Waals surface area contributed by atoms with Gasteiger partial charge in [-0.3, -0.25) is 9.36 Å². The van der Waals surface area contributed by atoms with Gasteiger partial charge in [0.15, 0.2) is 0 Å². The van der Waals surface area contributed by atoms with E-state index in [0.29, 0.717) is 30.0 Å². The van der Waals surface area contributed by atoms with Crippen LogP contribution in [-0.4, -0.2) is 15.7 Å². The van der Waals surface area contributed by atoms with Crippen LogP contribution in [0, 0.1) is 20.8 Å². The summed E-state index contributed by atoms with van der Waals surface area (Å²) in [5.74, 6) is 0.707. The van der Waals surface area contributed by atoms with E-state index in [0.717, 1.165) is 26.4 Å². The molecule has 0 aliphatic carbocycles. The van der Waals surface area contributed by atoms with Crippen molar-refractivity contribution in [2.75, 3.05) is 6.61 Å². The fourth-order valence-corrected chi connectivity index (χ4v) is 4.82. The monoisotopic (exact) mass is 420 g/mol. The van der Waals surface area contributed by atoms with Crippen LogP contribution in [0.3, 0.4) is 0 Å². The van der Waals surface area contributed by atoms with Gasteiger partial charge in [-0.25, -0.2) is 9.36 Å². The average Bonchev–Trinajstić information content (AvgIpc) is 3.02. The Morgan fingerprint density at radius 3 is 2.40 bits per heavy atom. The lowest BCUT2D eigenvalue weighted by atomic mass is 10.1. The first-order chi connectivity index (χ1) is 14.4. The summed E-state index contributed by atoms with van der Waals surface area (Å²) in [7, 11) is 0. The largest absolute Gasteiger partial charge is 0.494 e. The van der Waals surface area contributed by atoms with Crippen LogP contribution in [0.4, 0.5) is 0 Å². The molecule has 0 bridgehead atoms. The van der Waals surface area contributed by atoms with Gasteiger partial charge in [0.25, 0.3) is 5.56 Å². The average molecular weight is 421 g/mol. The van der Waals surface area contributed by atoms with E-state index in [1.165, 1.54) is 15.9 Å². The molecule has 0 unspecified atom stereocenters. The van der Waals surface area contributed by atoms with Crippen LogP contribution in [-0.2, 0) is 6.54 Å². The molecule has 2 heterocycles. The molecule has 4 rings (SSSR count). The molecule has 154 valence electrons. The quantitative estimate of drug-likeness (QED) is 0.475. The van der Waals surface area contributed by atoms with Gasteiger partial charge in [-0.15, -0.1) is 11.3 Å². The molecule has 2 aromatic heterocycles. The molecule has 0 atom stereocenters. The molecule has 6 heteroatoms. The molecule has 0 N–H and O–H groups in total. The molecule has 0 fully saturated rings. The third kappa shape index (κ3) is 3.48. The lowest BCUT2D eigenvalue weighted by Gasteiger charge is -2.13. The molecule has 0 spiro atoms. The minimum absolute atomic E-state index is 0.276. The summed E-state index contributed by atoms with van der Waals surface area (Å²) in [5.41, 5.74) is 3.02. The molecule has 0 saturated carbocycles. The van der Waals surface area contributed by atoms with Crippen molar-refractivity contribution in [2.24, 2.45) is 0 Å². The van der Waals surface area contributed by atoms with E-state index < -0.39 is 0 Å². The van der Waals surface area contributed by atoms with E-state index in [-0.39, 0.29) is 11.2 Å². The maximum atomic E-state index is 13.5. The first-order valence-corrected chi connectivity index (χ1v) is 10.8. The third-order valence-corrected chi connectivity index (χ3v) is 6.51. The number of benzene rings is 2. The van der Waals surface area contributed by atoms with Gasteiger partial charge in [0.1, 0.15) is 10.6 Å². The summed E-state index contributed by atoms with van der Waals surface area (Å²) in [6.07, 6.45) is 0. The maximum absolute atomic E-state index is 13.5. The predicted octanol–water partition coefficient (Wildman–Crippen LogP) is 4.59. The van der Waals surface area contributed by atoms with Gasteiger partial charge in [-0.2, -0.15) is 0 Å². The molecule has 2 aromatic carbocycles. The molecule has 0 saturated heterocycles. The SMILES string of the molecule is CCOc1ccc(-n2c(=O)c3c(C)c(C)sc3n(Cc3cccc(C)c3)c2=O)cc1. The zero-order chi connectivity index (χ0) is 21.4. The second-order valence-electron chi connectivity index (χ2n) is 7.39. The summed E-state index contributed by atoms with van der Waals surface area (Å²) in [5, 5.41) is 0.610. The van der Waals surface area contributed by atoms with Gasteiger partial charge in [-0.1, -0.05) is 29.8 Å². The van der Waals surface area contributed by atoms with E-state index in [1.54, 1.807) is 28.8 Å². The Morgan fingerprint density at radius 1 is 1.00 bits per heavy atom. The molecule has 0 aliphatic heterocycles. The van der Waals surface area contributed by atoms with Crippen LogP contribution in [0.15, 0.2) is 58.1 Å². The number of thiophene rings is 1. The molecule has 5 nitrogen and oxygen atoms in total. The zero-order valence-electron chi connectivity index (χ0n) is 17.6. The smallest absolute Gasteiger partial charge is 0.337 e. The number of ether oxygens (including phenoxy) is 1. The van der Waals surface area contributed by atoms with Crippen LogP contribution in [0.2, 0.25) is 0 Å². The Morgan fingerprint density at radius 2 is 1.73 bits per heavy atom. The minimum Gasteiger partial charge on any atom is -0.494 e. The number of nitrogens with zero attached hydrogens (tertiary/aromatic N) is 2. The molecule has 0 radical (unpaired) electrons. The van der Waals surface area contributed by atoms with Gasteiger partial charge < -0.3 is 4.74 Å². The Labute approximate surface area is 178 Å². The van der Waals surface area contributed by atoms with Crippen molar-refractivity contribution in [3.05, 3.63) is 90.9 Å². The van der Waals surface area contributed by atoms with Gasteiger partial charge >= 0.3 is 5.69 Å². The standard InChI is InChI=1S/C24H24N2O3S/c1-5-29-20-11-9-19(10-12-20)26-22(27)21-16(3)17(4)30-23(21)25(24(26)28)14-18-8-6-7-15(2)13-18/h6-13H,5,14H2,1-4H3. The highest BCUT2D eigenvalue weighted by molar-refractivity contribution is 7.18. The molecule has 0 amide bonds. The number of rotatable bonds is 5. The van der Waals surface area contributed by atoms with Crippen LogP contribution in [0.25, 0.3) is 15.9 Å². The van der Waals surface area contributed by atoms with Crippen molar-refractivity contribution in [3.8, 4) is 11.4 Å². The summed E-state index contributed by atoms with van der Waals surface area (Å²) < 4.78 is 8.48. The molecular weight excluding hydrogens is 396 g/mol. The summed E-state index contributed by atoms with van der Waals surface area (Å²) >= 11 is 1.50. The van der Waals surface area contributed by atoms with Crippen LogP contribution < -0.4 is 16.0 Å². The van der Waals surface area contributed by atoms with E-state index in [1.807, 2.05) is 45.9 Å². The number of hydrogen-bond acceptors (Lipinski definition) is 4. The summed E-state index contributed by atoms with van der Waals surface area (Å²) in [6.45, 7) is 8.84. The molecule has 0 aliphatic rings. The van der Waals surface area contributed by atoms with Crippen LogP contribution >= 0.6 is 11.3 Å². The zero-order valence-corrected chi connectivity index (χ0v) is 18.4. The molecule has 30 heavy (non-hydrogen) atoms. The van der Waals surface area contributed by atoms with Crippen LogP contribution in [0.5, 0.6) is 5.75 Å². The lowest BCUT2D eigenvalue weighted by molar-refractivity contribution is 0.340. The van der Waals surface area contributed by atoms with Crippen molar-refractivity contribution >= 4 is 21.6 Å². The summed E-state index contributed by atoms with van der Waals surface area (Å²) in [6, 6.07) is 15.2. The highest BCUT2D eigenvalue weighted by Crippen LogP contribution is 2.27. The maximum Gasteiger partial charge on any atom is 0.337 e. The minimum atomic E-state index is -0.334. The second-order valence-corrected chi connectivity index (χ2v) is 8.59. The summed E-state index contributed by atoms with van der Waals surface area (Å²) in [4.78, 5) is 28.7. The van der Waals surface area contributed by atoms with Gasteiger partial charge in [0, 0.05) is 4.88 Å². The van der Waals surface area contributed by atoms with E-state index in [2.05, 4.69) is 6.07 Å². The van der Waals surface area contributed by atoms with Gasteiger partial charge in [0.2, 0.25) is 0 Å². The Balaban J connectivity index is 1.98. The van der Waals surface area contributed by atoms with Crippen molar-refractivity contribution in [1.82, 2.24) is 9.13 Å². The lowest BCUT2D eigenvalue weighted by Crippen LogP contribution is -2.38. The van der Waals surface area contributed by atoms with Crippen molar-refractivity contribution in [3.63, 3.8) is 0 Å².